The summed E-state index contributed by atoms with van der Waals surface area (Å²) in [4.78, 5) is 11.5. The maximum atomic E-state index is 5.68. The second-order valence-corrected chi connectivity index (χ2v) is 6.88. The molecule has 0 aliphatic carbocycles. The molecule has 0 aliphatic rings. The van der Waals surface area contributed by atoms with Gasteiger partial charge in [-0.15, -0.1) is 22.7 Å². The zero-order valence-corrected chi connectivity index (χ0v) is 12.7. The van der Waals surface area contributed by atoms with Gasteiger partial charge in [-0.2, -0.15) is 0 Å². The molecule has 0 aliphatic heterocycles. The van der Waals surface area contributed by atoms with E-state index in [1.54, 1.807) is 22.7 Å². The molecule has 2 rings (SSSR count). The summed E-state index contributed by atoms with van der Waals surface area (Å²) in [6.07, 6.45) is 0.818. The van der Waals surface area contributed by atoms with Crippen molar-refractivity contribution in [3.8, 4) is 0 Å². The predicted molar refractivity (Wildman–Crippen MR) is 76.9 cm³/mol. The molecule has 0 radical (unpaired) electrons. The minimum absolute atomic E-state index is 0.0983. The predicted octanol–water partition coefficient (Wildman–Crippen LogP) is 2.58. The first-order valence-corrected chi connectivity index (χ1v) is 7.47. The first-order valence-electron chi connectivity index (χ1n) is 5.84. The van der Waals surface area contributed by atoms with E-state index in [0.29, 0.717) is 0 Å². The summed E-state index contributed by atoms with van der Waals surface area (Å²) in [6.45, 7) is 8.19. The summed E-state index contributed by atoms with van der Waals surface area (Å²) in [7, 11) is 0. The maximum Gasteiger partial charge on any atom is 0.0950 e. The van der Waals surface area contributed by atoms with Crippen LogP contribution >= 0.6 is 22.7 Å². The first kappa shape index (κ1) is 13.6. The van der Waals surface area contributed by atoms with Gasteiger partial charge in [0, 0.05) is 16.2 Å². The van der Waals surface area contributed by atoms with Gasteiger partial charge in [-0.05, 0) is 27.7 Å². The van der Waals surface area contributed by atoms with E-state index in [9.17, 15) is 0 Å². The van der Waals surface area contributed by atoms with Crippen molar-refractivity contribution < 1.29 is 0 Å². The second-order valence-electron chi connectivity index (χ2n) is 4.36. The van der Waals surface area contributed by atoms with Crippen LogP contribution in [0.5, 0.6) is 0 Å². The van der Waals surface area contributed by atoms with Crippen molar-refractivity contribution in [1.29, 1.82) is 0 Å². The van der Waals surface area contributed by atoms with E-state index < -0.39 is 0 Å². The lowest BCUT2D eigenvalue weighted by molar-refractivity contribution is 0.555. The molecule has 4 nitrogen and oxygen atoms in total. The third-order valence-corrected chi connectivity index (χ3v) is 5.19. The molecule has 2 heterocycles. The van der Waals surface area contributed by atoms with Gasteiger partial charge in [-0.1, -0.05) is 0 Å². The zero-order valence-electron chi connectivity index (χ0n) is 11.1. The van der Waals surface area contributed by atoms with Gasteiger partial charge in [0.2, 0.25) is 0 Å². The minimum Gasteiger partial charge on any atom is -0.271 e. The second kappa shape index (κ2) is 5.44. The molecule has 3 N–H and O–H groups in total. The van der Waals surface area contributed by atoms with Crippen LogP contribution in [0.15, 0.2) is 0 Å². The molecule has 0 fully saturated rings. The molecular weight excluding hydrogens is 264 g/mol. The molecule has 0 bridgehead atoms. The molecule has 1 atom stereocenters. The van der Waals surface area contributed by atoms with Gasteiger partial charge in [0.15, 0.2) is 0 Å². The monoisotopic (exact) mass is 282 g/mol. The van der Waals surface area contributed by atoms with Crippen LogP contribution in [0.25, 0.3) is 0 Å². The largest absolute Gasteiger partial charge is 0.271 e. The highest BCUT2D eigenvalue weighted by Crippen LogP contribution is 2.28. The number of nitrogens with zero attached hydrogens (tertiary/aromatic N) is 2. The van der Waals surface area contributed by atoms with Gasteiger partial charge in [0.05, 0.1) is 27.4 Å². The highest BCUT2D eigenvalue weighted by Gasteiger charge is 2.18. The molecule has 98 valence electrons. The molecule has 0 aromatic carbocycles. The van der Waals surface area contributed by atoms with Crippen LogP contribution in [0.3, 0.4) is 0 Å². The van der Waals surface area contributed by atoms with Crippen LogP contribution in [0.2, 0.25) is 0 Å². The molecule has 0 saturated heterocycles. The molecule has 18 heavy (non-hydrogen) atoms. The van der Waals surface area contributed by atoms with E-state index in [0.717, 1.165) is 27.8 Å². The fraction of sp³-hybridized carbons (Fsp3) is 0.500. The molecule has 0 saturated carbocycles. The average molecular weight is 282 g/mol. The zero-order chi connectivity index (χ0) is 13.3. The van der Waals surface area contributed by atoms with Crippen molar-refractivity contribution in [2.75, 3.05) is 0 Å². The van der Waals surface area contributed by atoms with E-state index >= 15 is 0 Å². The topological polar surface area (TPSA) is 63.8 Å². The highest BCUT2D eigenvalue weighted by atomic mass is 32.1. The Balaban J connectivity index is 2.22. The van der Waals surface area contributed by atoms with E-state index in [2.05, 4.69) is 22.3 Å². The van der Waals surface area contributed by atoms with Crippen molar-refractivity contribution in [3.05, 3.63) is 31.2 Å². The van der Waals surface area contributed by atoms with Gasteiger partial charge in [0.1, 0.15) is 0 Å². The number of hydrogen-bond donors (Lipinski definition) is 2. The summed E-state index contributed by atoms with van der Waals surface area (Å²) < 4.78 is 0. The molecule has 2 aromatic heterocycles. The molecule has 1 unspecified atom stereocenters. The number of hydrazine groups is 1. The van der Waals surface area contributed by atoms with Gasteiger partial charge in [-0.3, -0.25) is 11.3 Å². The Hall–Kier alpha value is -0.820. The number of aromatic nitrogens is 2. The summed E-state index contributed by atoms with van der Waals surface area (Å²) in [5.74, 6) is 5.68. The molecule has 0 amide bonds. The van der Waals surface area contributed by atoms with Crippen LogP contribution in [0, 0.1) is 27.7 Å². The van der Waals surface area contributed by atoms with E-state index in [1.807, 2.05) is 20.8 Å². The van der Waals surface area contributed by atoms with Gasteiger partial charge >= 0.3 is 0 Å². The Morgan fingerprint density at radius 2 is 1.83 bits per heavy atom. The summed E-state index contributed by atoms with van der Waals surface area (Å²) >= 11 is 3.44. The van der Waals surface area contributed by atoms with Crippen LogP contribution in [-0.4, -0.2) is 9.97 Å². The van der Waals surface area contributed by atoms with Crippen molar-refractivity contribution in [3.63, 3.8) is 0 Å². The smallest absolute Gasteiger partial charge is 0.0950 e. The fourth-order valence-corrected chi connectivity index (χ4v) is 3.87. The molecule has 0 spiro atoms. The van der Waals surface area contributed by atoms with Gasteiger partial charge in [-0.25, -0.2) is 9.97 Å². The number of aryl methyl sites for hydroxylation is 4. The lowest BCUT2D eigenvalue weighted by Gasteiger charge is -2.13. The Bertz CT molecular complexity index is 525. The lowest BCUT2D eigenvalue weighted by Crippen LogP contribution is -2.29. The summed E-state index contributed by atoms with van der Waals surface area (Å²) in [5, 5.41) is 2.20. The van der Waals surface area contributed by atoms with Crippen molar-refractivity contribution in [1.82, 2.24) is 15.4 Å². The number of nitrogens with one attached hydrogen (secondary N) is 1. The normalized spacial score (nSPS) is 12.9. The maximum absolute atomic E-state index is 5.68. The highest BCUT2D eigenvalue weighted by molar-refractivity contribution is 7.12. The van der Waals surface area contributed by atoms with Crippen LogP contribution in [-0.2, 0) is 6.42 Å². The quantitative estimate of drug-likeness (QED) is 0.668. The van der Waals surface area contributed by atoms with Gasteiger partial charge in [0.25, 0.3) is 0 Å². The van der Waals surface area contributed by atoms with E-state index in [-0.39, 0.29) is 6.04 Å². The standard InChI is InChI=1S/C12H18N4S2/c1-6-8(3)17-11(15-6)5-10(16-13)12-7(2)14-9(4)18-12/h10,16H,5,13H2,1-4H3. The van der Waals surface area contributed by atoms with Crippen LogP contribution in [0.4, 0.5) is 0 Å². The molecule has 6 heteroatoms. The Labute approximate surface area is 115 Å². The number of nitrogens with two attached hydrogens (primary N) is 1. The van der Waals surface area contributed by atoms with Crippen LogP contribution in [0.1, 0.15) is 37.2 Å². The van der Waals surface area contributed by atoms with Crippen molar-refractivity contribution in [2.45, 2.75) is 40.2 Å². The SMILES string of the molecule is Cc1nc(C)c(C(Cc2nc(C)c(C)s2)NN)s1. The van der Waals surface area contributed by atoms with E-state index in [1.165, 1.54) is 9.75 Å². The Morgan fingerprint density at radius 1 is 1.11 bits per heavy atom. The minimum atomic E-state index is 0.0983. The Kier molecular flexibility index (Phi) is 4.11. The first-order chi connectivity index (χ1) is 8.51. The Morgan fingerprint density at radius 3 is 2.28 bits per heavy atom. The third kappa shape index (κ3) is 2.77. The number of hydrogen-bond acceptors (Lipinski definition) is 6. The third-order valence-electron chi connectivity index (χ3n) is 2.91. The number of rotatable bonds is 4. The number of thiazole rings is 2. The summed E-state index contributed by atoms with van der Waals surface area (Å²) in [6, 6.07) is 0.0983. The fourth-order valence-electron chi connectivity index (χ4n) is 1.90. The molecule has 2 aromatic rings. The van der Waals surface area contributed by atoms with Crippen molar-refractivity contribution in [2.24, 2.45) is 5.84 Å². The van der Waals surface area contributed by atoms with Crippen LogP contribution < -0.4 is 11.3 Å². The summed E-state index contributed by atoms with van der Waals surface area (Å²) in [5.41, 5.74) is 5.06. The van der Waals surface area contributed by atoms with Gasteiger partial charge < -0.3 is 0 Å². The average Bonchev–Trinajstić information content (AvgIpc) is 2.79. The van der Waals surface area contributed by atoms with Crippen molar-refractivity contribution >= 4 is 22.7 Å². The lowest BCUT2D eigenvalue weighted by atomic mass is 10.1. The molecular formula is C12H18N4S2. The van der Waals surface area contributed by atoms with E-state index in [4.69, 9.17) is 5.84 Å².